The number of fused-ring (bicyclic) bond motifs is 5. The van der Waals surface area contributed by atoms with Crippen molar-refractivity contribution in [1.82, 2.24) is 9.21 Å². The molecule has 0 aromatic heterocycles. The van der Waals surface area contributed by atoms with Crippen LogP contribution in [0.1, 0.15) is 77.2 Å². The number of ketones is 1. The highest BCUT2D eigenvalue weighted by Crippen LogP contribution is 2.66. The lowest BCUT2D eigenvalue weighted by Gasteiger charge is -2.61. The summed E-state index contributed by atoms with van der Waals surface area (Å²) in [6, 6.07) is 4.35. The molecule has 1 N–H and O–H groups in total. The van der Waals surface area contributed by atoms with Crippen LogP contribution in [0.25, 0.3) is 0 Å². The molecule has 0 bridgehead atoms. The Labute approximate surface area is 241 Å². The molecule has 6 nitrogen and oxygen atoms in total. The summed E-state index contributed by atoms with van der Waals surface area (Å²) in [6.45, 7) is 6.01. The molecule has 0 amide bonds. The standard InChI is InChI=1S/C31H43F3N2O4S/c1-28-13-14-30(38,19-21(28)7-8-22-23-9-10-27(37)29(23,2)12-11-24(22)28)20-35-15-17-36(18-16-35)41(39,40)26-6-4-3-5-25(26)31(32,33)34/h3-6,21-24,38H,7-20H2,1-2H3/t21-,22-,23-,24-,28-,29-,30+/m0/s1. The fourth-order valence-corrected chi connectivity index (χ4v) is 11.5. The van der Waals surface area contributed by atoms with Crippen molar-refractivity contribution in [2.24, 2.45) is 34.5 Å². The molecule has 6 rings (SSSR count). The largest absolute Gasteiger partial charge is 0.417 e. The minimum absolute atomic E-state index is 0.0916. The Balaban J connectivity index is 1.09. The van der Waals surface area contributed by atoms with Gasteiger partial charge in [-0.2, -0.15) is 17.5 Å². The Morgan fingerprint density at radius 1 is 0.951 bits per heavy atom. The predicted molar refractivity (Wildman–Crippen MR) is 148 cm³/mol. The van der Waals surface area contributed by atoms with Gasteiger partial charge in [0.25, 0.3) is 0 Å². The van der Waals surface area contributed by atoms with Gasteiger partial charge in [0, 0.05) is 44.6 Å². The number of piperazine rings is 1. The zero-order valence-electron chi connectivity index (χ0n) is 24.1. The SMILES string of the molecule is C[C@]12CC[C@](O)(CN3CCN(S(=O)(=O)c4ccccc4C(F)(F)F)CC3)C[C@@H]1CC[C@@H]1[C@@H]2CC[C@]2(C)C(=O)CC[C@@H]12. The van der Waals surface area contributed by atoms with E-state index in [0.717, 1.165) is 67.8 Å². The van der Waals surface area contributed by atoms with Gasteiger partial charge in [0.1, 0.15) is 5.78 Å². The van der Waals surface area contributed by atoms with Crippen LogP contribution in [-0.2, 0) is 21.0 Å². The van der Waals surface area contributed by atoms with Crippen molar-refractivity contribution in [3.8, 4) is 0 Å². The minimum Gasteiger partial charge on any atom is -0.389 e. The number of Topliss-reactive ketones (excluding diaryl/α,β-unsaturated/α-hetero) is 1. The number of rotatable bonds is 4. The molecule has 4 saturated carbocycles. The second kappa shape index (κ2) is 10.0. The average molecular weight is 597 g/mol. The number of halogens is 3. The molecule has 4 aliphatic carbocycles. The quantitative estimate of drug-likeness (QED) is 0.507. The Morgan fingerprint density at radius 3 is 2.37 bits per heavy atom. The van der Waals surface area contributed by atoms with Gasteiger partial charge in [0.2, 0.25) is 10.0 Å². The van der Waals surface area contributed by atoms with Crippen LogP contribution in [0.3, 0.4) is 0 Å². The maximum atomic E-state index is 13.5. The summed E-state index contributed by atoms with van der Waals surface area (Å²) in [7, 11) is -4.29. The molecule has 228 valence electrons. The van der Waals surface area contributed by atoms with Crippen molar-refractivity contribution in [3.63, 3.8) is 0 Å². The van der Waals surface area contributed by atoms with Gasteiger partial charge in [-0.05, 0) is 92.6 Å². The second-order valence-corrected chi connectivity index (χ2v) is 16.1. The molecule has 1 aromatic rings. The molecular weight excluding hydrogens is 553 g/mol. The molecule has 1 heterocycles. The number of aliphatic hydroxyl groups is 1. The van der Waals surface area contributed by atoms with Crippen LogP contribution < -0.4 is 0 Å². The van der Waals surface area contributed by atoms with Gasteiger partial charge >= 0.3 is 6.18 Å². The van der Waals surface area contributed by atoms with Gasteiger partial charge in [-0.25, -0.2) is 8.42 Å². The number of hydrogen-bond donors (Lipinski definition) is 1. The third-order valence-electron chi connectivity index (χ3n) is 12.2. The number of benzene rings is 1. The van der Waals surface area contributed by atoms with Gasteiger partial charge in [0.15, 0.2) is 0 Å². The highest BCUT2D eigenvalue weighted by Gasteiger charge is 2.61. The van der Waals surface area contributed by atoms with E-state index in [1.807, 2.05) is 0 Å². The number of carbonyl (C=O) groups excluding carboxylic acids is 1. The van der Waals surface area contributed by atoms with E-state index >= 15 is 0 Å². The van der Waals surface area contributed by atoms with Crippen molar-refractivity contribution >= 4 is 15.8 Å². The van der Waals surface area contributed by atoms with E-state index in [0.29, 0.717) is 55.5 Å². The van der Waals surface area contributed by atoms with Gasteiger partial charge in [-0.3, -0.25) is 9.69 Å². The van der Waals surface area contributed by atoms with Crippen molar-refractivity contribution in [2.45, 2.75) is 88.3 Å². The summed E-state index contributed by atoms with van der Waals surface area (Å²) in [5.41, 5.74) is -1.96. The number of sulfonamides is 1. The third-order valence-corrected chi connectivity index (χ3v) is 14.1. The van der Waals surface area contributed by atoms with E-state index in [2.05, 4.69) is 18.7 Å². The van der Waals surface area contributed by atoms with Gasteiger partial charge in [0.05, 0.1) is 16.1 Å². The molecule has 7 atom stereocenters. The summed E-state index contributed by atoms with van der Waals surface area (Å²) in [4.78, 5) is 14.1. The van der Waals surface area contributed by atoms with Gasteiger partial charge in [-0.15, -0.1) is 0 Å². The molecule has 5 fully saturated rings. The topological polar surface area (TPSA) is 77.9 Å². The van der Waals surface area contributed by atoms with E-state index in [9.17, 15) is 31.5 Å². The van der Waals surface area contributed by atoms with Crippen LogP contribution in [0.5, 0.6) is 0 Å². The fourth-order valence-electron chi connectivity index (χ4n) is 9.85. The van der Waals surface area contributed by atoms with Gasteiger partial charge < -0.3 is 5.11 Å². The predicted octanol–water partition coefficient (Wildman–Crippen LogP) is 5.35. The van der Waals surface area contributed by atoms with Crippen LogP contribution in [0, 0.1) is 34.5 Å². The van der Waals surface area contributed by atoms with E-state index in [-0.39, 0.29) is 23.9 Å². The molecular formula is C31H43F3N2O4S. The van der Waals surface area contributed by atoms with Gasteiger partial charge in [-0.1, -0.05) is 26.0 Å². The van der Waals surface area contributed by atoms with Crippen molar-refractivity contribution < 1.29 is 31.5 Å². The molecule has 0 unspecified atom stereocenters. The lowest BCUT2D eigenvalue weighted by atomic mass is 9.44. The molecule has 1 saturated heterocycles. The zero-order chi connectivity index (χ0) is 29.4. The molecule has 0 radical (unpaired) electrons. The average Bonchev–Trinajstić information content (AvgIpc) is 3.23. The van der Waals surface area contributed by atoms with Crippen molar-refractivity contribution in [1.29, 1.82) is 0 Å². The van der Waals surface area contributed by atoms with Crippen LogP contribution in [0.15, 0.2) is 29.2 Å². The molecule has 0 spiro atoms. The monoisotopic (exact) mass is 596 g/mol. The number of β-amino-alcohol motifs (C(OH)–C–C–N with tert-alkyl or cyclic N) is 1. The molecule has 1 aromatic carbocycles. The Hall–Kier alpha value is -1.49. The summed E-state index contributed by atoms with van der Waals surface area (Å²) < 4.78 is 68.0. The first-order valence-corrected chi connectivity index (χ1v) is 16.8. The molecule has 10 heteroatoms. The number of carbonyl (C=O) groups is 1. The van der Waals surface area contributed by atoms with Crippen LogP contribution in [-0.4, -0.2) is 66.8 Å². The summed E-state index contributed by atoms with van der Waals surface area (Å²) >= 11 is 0. The Morgan fingerprint density at radius 2 is 1.66 bits per heavy atom. The van der Waals surface area contributed by atoms with E-state index in [4.69, 9.17) is 0 Å². The maximum Gasteiger partial charge on any atom is 0.417 e. The first kappa shape index (κ1) is 29.6. The zero-order valence-corrected chi connectivity index (χ0v) is 24.9. The lowest BCUT2D eigenvalue weighted by molar-refractivity contribution is -0.157. The number of nitrogens with zero attached hydrogens (tertiary/aromatic N) is 2. The van der Waals surface area contributed by atoms with E-state index in [1.54, 1.807) is 0 Å². The third kappa shape index (κ3) is 4.89. The molecule has 1 aliphatic heterocycles. The number of alkyl halides is 3. The highest BCUT2D eigenvalue weighted by atomic mass is 32.2. The normalized spacial score (nSPS) is 40.6. The summed E-state index contributed by atoms with van der Waals surface area (Å²) in [5.74, 6) is 2.59. The molecule has 41 heavy (non-hydrogen) atoms. The van der Waals surface area contributed by atoms with Crippen LogP contribution in [0.4, 0.5) is 13.2 Å². The number of hydrogen-bond acceptors (Lipinski definition) is 5. The highest BCUT2D eigenvalue weighted by molar-refractivity contribution is 7.89. The van der Waals surface area contributed by atoms with Crippen molar-refractivity contribution in [3.05, 3.63) is 29.8 Å². The summed E-state index contributed by atoms with van der Waals surface area (Å²) in [5, 5.41) is 11.8. The van der Waals surface area contributed by atoms with E-state index < -0.39 is 32.3 Å². The fraction of sp³-hybridized carbons (Fsp3) is 0.774. The summed E-state index contributed by atoms with van der Waals surface area (Å²) in [6.07, 6.45) is 3.68. The Bertz CT molecular complexity index is 1300. The lowest BCUT2D eigenvalue weighted by Crippen LogP contribution is -2.59. The first-order valence-electron chi connectivity index (χ1n) is 15.3. The minimum atomic E-state index is -4.75. The first-order chi connectivity index (χ1) is 19.2. The smallest absolute Gasteiger partial charge is 0.389 e. The second-order valence-electron chi connectivity index (χ2n) is 14.2. The maximum absolute atomic E-state index is 13.5. The van der Waals surface area contributed by atoms with E-state index in [1.165, 1.54) is 12.1 Å². The van der Waals surface area contributed by atoms with Crippen LogP contribution >= 0.6 is 0 Å². The Kier molecular flexibility index (Phi) is 7.23. The van der Waals surface area contributed by atoms with Crippen LogP contribution in [0.2, 0.25) is 0 Å². The van der Waals surface area contributed by atoms with Crippen molar-refractivity contribution in [2.75, 3.05) is 32.7 Å². The molecule has 5 aliphatic rings.